The van der Waals surface area contributed by atoms with Crippen LogP contribution in [0.3, 0.4) is 0 Å². The molecule has 1 aliphatic rings. The fourth-order valence-corrected chi connectivity index (χ4v) is 3.82. The molecule has 2 nitrogen and oxygen atoms in total. The van der Waals surface area contributed by atoms with Crippen molar-refractivity contribution in [1.29, 1.82) is 0 Å². The molecule has 1 atom stereocenters. The second kappa shape index (κ2) is 5.50. The van der Waals surface area contributed by atoms with Crippen LogP contribution in [0.4, 0.5) is 0 Å². The van der Waals surface area contributed by atoms with Crippen LogP contribution in [0.2, 0.25) is 10.0 Å². The van der Waals surface area contributed by atoms with Gasteiger partial charge < -0.3 is 5.32 Å². The summed E-state index contributed by atoms with van der Waals surface area (Å²) >= 11 is 12.1. The molecule has 1 aliphatic heterocycles. The lowest BCUT2D eigenvalue weighted by Gasteiger charge is -2.26. The van der Waals surface area contributed by atoms with Crippen LogP contribution in [0.15, 0.2) is 18.2 Å². The SMILES string of the molecule is O=S(Cc1c(Cl)cccc1Cl)CC1CNC1. The number of rotatable bonds is 4. The minimum Gasteiger partial charge on any atom is -0.316 e. The van der Waals surface area contributed by atoms with E-state index in [1.165, 1.54) is 0 Å². The van der Waals surface area contributed by atoms with E-state index >= 15 is 0 Å². The summed E-state index contributed by atoms with van der Waals surface area (Å²) in [5.74, 6) is 1.73. The van der Waals surface area contributed by atoms with Gasteiger partial charge in [0.1, 0.15) is 0 Å². The fourth-order valence-electron chi connectivity index (χ4n) is 1.62. The smallest absolute Gasteiger partial charge is 0.0515 e. The van der Waals surface area contributed by atoms with Crippen molar-refractivity contribution in [1.82, 2.24) is 5.32 Å². The first-order chi connectivity index (χ1) is 7.66. The zero-order valence-corrected chi connectivity index (χ0v) is 11.0. The summed E-state index contributed by atoms with van der Waals surface area (Å²) in [6.07, 6.45) is 0. The van der Waals surface area contributed by atoms with Crippen molar-refractivity contribution < 1.29 is 4.21 Å². The van der Waals surface area contributed by atoms with E-state index in [0.717, 1.165) is 24.4 Å². The molecule has 0 aliphatic carbocycles. The fraction of sp³-hybridized carbons (Fsp3) is 0.455. The Labute approximate surface area is 108 Å². The summed E-state index contributed by atoms with van der Waals surface area (Å²) in [5, 5.41) is 4.38. The van der Waals surface area contributed by atoms with Gasteiger partial charge in [-0.25, -0.2) is 0 Å². The molecule has 1 fully saturated rings. The second-order valence-corrected chi connectivity index (χ2v) is 6.29. The third-order valence-corrected chi connectivity index (χ3v) is 4.82. The molecule has 2 rings (SSSR count). The number of benzene rings is 1. The number of halogens is 2. The summed E-state index contributed by atoms with van der Waals surface area (Å²) in [7, 11) is -0.879. The Morgan fingerprint density at radius 3 is 2.44 bits per heavy atom. The van der Waals surface area contributed by atoms with Gasteiger partial charge in [-0.3, -0.25) is 4.21 Å². The van der Waals surface area contributed by atoms with E-state index in [-0.39, 0.29) is 0 Å². The molecule has 0 bridgehead atoms. The largest absolute Gasteiger partial charge is 0.316 e. The number of hydrogen-bond donors (Lipinski definition) is 1. The summed E-state index contributed by atoms with van der Waals surface area (Å²) < 4.78 is 11.9. The molecule has 5 heteroatoms. The van der Waals surface area contributed by atoms with Crippen molar-refractivity contribution in [3.05, 3.63) is 33.8 Å². The Hall–Kier alpha value is -0.0900. The predicted molar refractivity (Wildman–Crippen MR) is 69.5 cm³/mol. The average Bonchev–Trinajstić information content (AvgIpc) is 2.18. The van der Waals surface area contributed by atoms with Crippen LogP contribution in [0.5, 0.6) is 0 Å². The summed E-state index contributed by atoms with van der Waals surface area (Å²) in [6, 6.07) is 5.36. The van der Waals surface area contributed by atoms with Crippen molar-refractivity contribution in [2.24, 2.45) is 5.92 Å². The molecule has 1 heterocycles. The molecule has 1 saturated heterocycles. The molecule has 0 aromatic heterocycles. The molecule has 1 N–H and O–H groups in total. The first-order valence-electron chi connectivity index (χ1n) is 5.15. The lowest BCUT2D eigenvalue weighted by Crippen LogP contribution is -2.44. The van der Waals surface area contributed by atoms with Gasteiger partial charge in [0.2, 0.25) is 0 Å². The molecular formula is C11H13Cl2NOS. The van der Waals surface area contributed by atoms with Crippen LogP contribution < -0.4 is 5.32 Å². The van der Waals surface area contributed by atoms with Gasteiger partial charge >= 0.3 is 0 Å². The summed E-state index contributed by atoms with van der Waals surface area (Å²) in [5.41, 5.74) is 0.802. The third kappa shape index (κ3) is 2.98. The Bertz CT molecular complexity index is 387. The van der Waals surface area contributed by atoms with Crippen LogP contribution in [0.25, 0.3) is 0 Å². The van der Waals surface area contributed by atoms with Gasteiger partial charge in [0.15, 0.2) is 0 Å². The maximum atomic E-state index is 11.9. The van der Waals surface area contributed by atoms with Crippen molar-refractivity contribution in [2.45, 2.75) is 5.75 Å². The van der Waals surface area contributed by atoms with Crippen molar-refractivity contribution >= 4 is 34.0 Å². The minimum atomic E-state index is -0.879. The maximum Gasteiger partial charge on any atom is 0.0515 e. The molecule has 1 aromatic rings. The van der Waals surface area contributed by atoms with Gasteiger partial charge in [-0.1, -0.05) is 29.3 Å². The molecule has 0 spiro atoms. The Morgan fingerprint density at radius 1 is 1.31 bits per heavy atom. The monoisotopic (exact) mass is 277 g/mol. The quantitative estimate of drug-likeness (QED) is 0.916. The van der Waals surface area contributed by atoms with Crippen LogP contribution in [-0.4, -0.2) is 23.1 Å². The van der Waals surface area contributed by atoms with Gasteiger partial charge in [0.05, 0.1) is 5.75 Å². The van der Waals surface area contributed by atoms with E-state index in [0.29, 0.717) is 21.7 Å². The van der Waals surface area contributed by atoms with E-state index < -0.39 is 10.8 Å². The lowest BCUT2D eigenvalue weighted by atomic mass is 10.1. The zero-order valence-electron chi connectivity index (χ0n) is 8.71. The predicted octanol–water partition coefficient (Wildman–Crippen LogP) is 2.46. The second-order valence-electron chi connectivity index (χ2n) is 3.98. The molecular weight excluding hydrogens is 265 g/mol. The van der Waals surface area contributed by atoms with Crippen molar-refractivity contribution in [3.8, 4) is 0 Å². The molecule has 0 radical (unpaired) electrons. The highest BCUT2D eigenvalue weighted by Gasteiger charge is 2.20. The maximum absolute atomic E-state index is 11.9. The van der Waals surface area contributed by atoms with Crippen molar-refractivity contribution in [2.75, 3.05) is 18.8 Å². The van der Waals surface area contributed by atoms with Crippen molar-refractivity contribution in [3.63, 3.8) is 0 Å². The first kappa shape index (κ1) is 12.4. The highest BCUT2D eigenvalue weighted by Crippen LogP contribution is 2.26. The third-order valence-electron chi connectivity index (χ3n) is 2.65. The highest BCUT2D eigenvalue weighted by molar-refractivity contribution is 7.84. The Kier molecular flexibility index (Phi) is 4.25. The molecule has 88 valence electrons. The zero-order chi connectivity index (χ0) is 11.5. The van der Waals surface area contributed by atoms with Gasteiger partial charge in [-0.05, 0) is 18.1 Å². The number of nitrogens with one attached hydrogen (secondary N) is 1. The van der Waals surface area contributed by atoms with Crippen LogP contribution in [0.1, 0.15) is 5.56 Å². The highest BCUT2D eigenvalue weighted by atomic mass is 35.5. The van der Waals surface area contributed by atoms with Gasteiger partial charge in [-0.15, -0.1) is 0 Å². The van der Waals surface area contributed by atoms with E-state index in [4.69, 9.17) is 23.2 Å². The lowest BCUT2D eigenvalue weighted by molar-refractivity contribution is 0.382. The average molecular weight is 278 g/mol. The van der Waals surface area contributed by atoms with E-state index in [1.54, 1.807) is 18.2 Å². The van der Waals surface area contributed by atoms with Gasteiger partial charge in [-0.2, -0.15) is 0 Å². The minimum absolute atomic E-state index is 0.453. The molecule has 16 heavy (non-hydrogen) atoms. The van der Waals surface area contributed by atoms with Crippen LogP contribution in [0, 0.1) is 5.92 Å². The van der Waals surface area contributed by atoms with Crippen LogP contribution in [-0.2, 0) is 16.6 Å². The van der Waals surface area contributed by atoms with E-state index in [2.05, 4.69) is 5.32 Å². The normalized spacial score (nSPS) is 18.1. The topological polar surface area (TPSA) is 29.1 Å². The first-order valence-corrected chi connectivity index (χ1v) is 7.40. The molecule has 1 aromatic carbocycles. The van der Waals surface area contributed by atoms with Gasteiger partial charge in [0.25, 0.3) is 0 Å². The number of hydrogen-bond acceptors (Lipinski definition) is 2. The Balaban J connectivity index is 1.99. The summed E-state index contributed by atoms with van der Waals surface area (Å²) in [4.78, 5) is 0. The molecule has 1 unspecified atom stereocenters. The van der Waals surface area contributed by atoms with E-state index in [1.807, 2.05) is 0 Å². The summed E-state index contributed by atoms with van der Waals surface area (Å²) in [6.45, 7) is 1.95. The van der Waals surface area contributed by atoms with Gasteiger partial charge in [0, 0.05) is 45.3 Å². The standard InChI is InChI=1S/C11H13Cl2NOS/c12-10-2-1-3-11(13)9(10)7-16(15)6-8-4-14-5-8/h1-3,8,14H,4-7H2. The van der Waals surface area contributed by atoms with E-state index in [9.17, 15) is 4.21 Å². The van der Waals surface area contributed by atoms with Crippen LogP contribution >= 0.6 is 23.2 Å². The Morgan fingerprint density at radius 2 is 1.94 bits per heavy atom. The molecule has 0 amide bonds. The molecule has 0 saturated carbocycles.